The average Bonchev–Trinajstić information content (AvgIpc) is 2.41. The first kappa shape index (κ1) is 5.40. The van der Waals surface area contributed by atoms with Crippen molar-refractivity contribution in [2.75, 3.05) is 0 Å². The SMILES string of the molecule is C=CC1CC2C3CC4C2C4C13. The van der Waals surface area contributed by atoms with Crippen LogP contribution in [0.2, 0.25) is 0 Å². The molecule has 0 aliphatic heterocycles. The van der Waals surface area contributed by atoms with E-state index in [0.29, 0.717) is 0 Å². The Morgan fingerprint density at radius 3 is 2.27 bits per heavy atom. The summed E-state index contributed by atoms with van der Waals surface area (Å²) >= 11 is 0. The van der Waals surface area contributed by atoms with Gasteiger partial charge in [0.15, 0.2) is 0 Å². The zero-order chi connectivity index (χ0) is 7.16. The van der Waals surface area contributed by atoms with Crippen LogP contribution in [-0.4, -0.2) is 0 Å². The second kappa shape index (κ2) is 1.32. The smallest absolute Gasteiger partial charge is 0.0199 e. The van der Waals surface area contributed by atoms with Crippen molar-refractivity contribution in [1.29, 1.82) is 0 Å². The highest BCUT2D eigenvalue weighted by molar-refractivity contribution is 5.26. The van der Waals surface area contributed by atoms with E-state index >= 15 is 0 Å². The van der Waals surface area contributed by atoms with E-state index in [-0.39, 0.29) is 0 Å². The summed E-state index contributed by atoms with van der Waals surface area (Å²) in [6.07, 6.45) is 5.36. The summed E-state index contributed by atoms with van der Waals surface area (Å²) in [6, 6.07) is 0. The summed E-state index contributed by atoms with van der Waals surface area (Å²) in [4.78, 5) is 0. The number of hydrogen-bond acceptors (Lipinski definition) is 0. The van der Waals surface area contributed by atoms with E-state index in [1.165, 1.54) is 24.2 Å². The molecule has 0 aromatic heterocycles. The van der Waals surface area contributed by atoms with Crippen LogP contribution in [0, 0.1) is 41.4 Å². The molecule has 11 heavy (non-hydrogen) atoms. The van der Waals surface area contributed by atoms with Gasteiger partial charge in [-0.25, -0.2) is 0 Å². The minimum atomic E-state index is 0.929. The van der Waals surface area contributed by atoms with Crippen molar-refractivity contribution in [2.45, 2.75) is 12.8 Å². The van der Waals surface area contributed by atoms with Gasteiger partial charge < -0.3 is 0 Å². The summed E-state index contributed by atoms with van der Waals surface area (Å²) in [5.74, 6) is 8.00. The zero-order valence-electron chi connectivity index (χ0n) is 6.74. The van der Waals surface area contributed by atoms with E-state index in [4.69, 9.17) is 0 Å². The second-order valence-electron chi connectivity index (χ2n) is 5.09. The maximum atomic E-state index is 3.97. The quantitative estimate of drug-likeness (QED) is 0.498. The molecule has 6 bridgehead atoms. The Morgan fingerprint density at radius 1 is 0.909 bits per heavy atom. The van der Waals surface area contributed by atoms with Crippen LogP contribution in [0.1, 0.15) is 12.8 Å². The molecule has 5 aliphatic rings. The van der Waals surface area contributed by atoms with Crippen molar-refractivity contribution in [1.82, 2.24) is 0 Å². The van der Waals surface area contributed by atoms with Gasteiger partial charge in [0.05, 0.1) is 0 Å². The minimum absolute atomic E-state index is 0.929. The monoisotopic (exact) mass is 146 g/mol. The molecule has 0 spiro atoms. The van der Waals surface area contributed by atoms with Crippen molar-refractivity contribution in [3.63, 3.8) is 0 Å². The highest BCUT2D eigenvalue weighted by atomic mass is 14.8. The van der Waals surface area contributed by atoms with Crippen molar-refractivity contribution >= 4 is 0 Å². The predicted octanol–water partition coefficient (Wildman–Crippen LogP) is 2.32. The second-order valence-corrected chi connectivity index (χ2v) is 5.09. The summed E-state index contributed by atoms with van der Waals surface area (Å²) in [5, 5.41) is 0. The molecule has 5 saturated carbocycles. The summed E-state index contributed by atoms with van der Waals surface area (Å²) in [6.45, 7) is 3.97. The Hall–Kier alpha value is -0.260. The Kier molecular flexibility index (Phi) is 0.648. The molecule has 0 aromatic carbocycles. The Bertz CT molecular complexity index is 242. The molecule has 0 amide bonds. The Morgan fingerprint density at radius 2 is 1.73 bits per heavy atom. The van der Waals surface area contributed by atoms with Crippen LogP contribution in [0.15, 0.2) is 12.7 Å². The lowest BCUT2D eigenvalue weighted by Gasteiger charge is -2.16. The van der Waals surface area contributed by atoms with Crippen LogP contribution in [0.5, 0.6) is 0 Å². The van der Waals surface area contributed by atoms with Crippen molar-refractivity contribution in [3.8, 4) is 0 Å². The Labute approximate surface area is 67.7 Å². The van der Waals surface area contributed by atoms with Crippen molar-refractivity contribution in [3.05, 3.63) is 12.7 Å². The zero-order valence-corrected chi connectivity index (χ0v) is 6.74. The molecule has 0 heterocycles. The molecule has 5 aliphatic carbocycles. The van der Waals surface area contributed by atoms with Crippen LogP contribution in [0.4, 0.5) is 0 Å². The fourth-order valence-corrected chi connectivity index (χ4v) is 5.05. The average molecular weight is 146 g/mol. The van der Waals surface area contributed by atoms with E-state index in [1.54, 1.807) is 6.42 Å². The molecule has 7 atom stereocenters. The third kappa shape index (κ3) is 0.369. The molecular formula is C11H14. The first-order chi connectivity index (χ1) is 5.42. The van der Waals surface area contributed by atoms with Gasteiger partial charge in [-0.15, -0.1) is 6.58 Å². The lowest BCUT2D eigenvalue weighted by molar-refractivity contribution is 0.368. The first-order valence-electron chi connectivity index (χ1n) is 5.04. The van der Waals surface area contributed by atoms with Gasteiger partial charge >= 0.3 is 0 Å². The van der Waals surface area contributed by atoms with Crippen molar-refractivity contribution in [2.24, 2.45) is 41.4 Å². The molecule has 0 heteroatoms. The predicted molar refractivity (Wildman–Crippen MR) is 43.9 cm³/mol. The van der Waals surface area contributed by atoms with E-state index in [1.807, 2.05) is 0 Å². The van der Waals surface area contributed by atoms with Crippen LogP contribution in [-0.2, 0) is 0 Å². The topological polar surface area (TPSA) is 0 Å². The summed E-state index contributed by atoms with van der Waals surface area (Å²) in [5.41, 5.74) is 0. The molecule has 0 aromatic rings. The van der Waals surface area contributed by atoms with Crippen LogP contribution in [0.25, 0.3) is 0 Å². The van der Waals surface area contributed by atoms with Gasteiger partial charge in [0.2, 0.25) is 0 Å². The fourth-order valence-electron chi connectivity index (χ4n) is 5.05. The Balaban J connectivity index is 1.85. The third-order valence-corrected chi connectivity index (χ3v) is 5.16. The van der Waals surface area contributed by atoms with E-state index in [9.17, 15) is 0 Å². The van der Waals surface area contributed by atoms with Gasteiger partial charge in [0, 0.05) is 0 Å². The van der Waals surface area contributed by atoms with Gasteiger partial charge in [0.1, 0.15) is 0 Å². The third-order valence-electron chi connectivity index (χ3n) is 5.16. The van der Waals surface area contributed by atoms with Gasteiger partial charge in [0.25, 0.3) is 0 Å². The lowest BCUT2D eigenvalue weighted by Crippen LogP contribution is -2.10. The van der Waals surface area contributed by atoms with Crippen LogP contribution < -0.4 is 0 Å². The molecule has 0 saturated heterocycles. The lowest BCUT2D eigenvalue weighted by atomic mass is 9.88. The molecule has 5 fully saturated rings. The standard InChI is InChI=1S/C11H14/c1-2-5-3-6-7-4-8-10(6)11(8)9(5)7/h2,5-11H,1,3-4H2. The first-order valence-corrected chi connectivity index (χ1v) is 5.04. The fraction of sp³-hybridized carbons (Fsp3) is 0.818. The van der Waals surface area contributed by atoms with E-state index in [0.717, 1.165) is 23.7 Å². The van der Waals surface area contributed by atoms with Crippen LogP contribution in [0.3, 0.4) is 0 Å². The molecule has 7 unspecified atom stereocenters. The maximum Gasteiger partial charge on any atom is -0.0199 e. The van der Waals surface area contributed by atoms with Gasteiger partial charge in [-0.2, -0.15) is 0 Å². The van der Waals surface area contributed by atoms with E-state index < -0.39 is 0 Å². The van der Waals surface area contributed by atoms with Crippen LogP contribution >= 0.6 is 0 Å². The van der Waals surface area contributed by atoms with E-state index in [2.05, 4.69) is 12.7 Å². The highest BCUT2D eigenvalue weighted by Crippen LogP contribution is 2.82. The molecule has 0 N–H and O–H groups in total. The maximum absolute atomic E-state index is 3.97. The molecule has 0 nitrogen and oxygen atoms in total. The van der Waals surface area contributed by atoms with Crippen molar-refractivity contribution < 1.29 is 0 Å². The van der Waals surface area contributed by atoms with Gasteiger partial charge in [-0.1, -0.05) is 6.08 Å². The number of allylic oxidation sites excluding steroid dienone is 1. The largest absolute Gasteiger partial charge is 0.103 e. The summed E-state index contributed by atoms with van der Waals surface area (Å²) in [7, 11) is 0. The normalized spacial score (nSPS) is 74.0. The molecule has 58 valence electrons. The van der Waals surface area contributed by atoms with Gasteiger partial charge in [-0.05, 0) is 54.3 Å². The molecule has 5 rings (SSSR count). The minimum Gasteiger partial charge on any atom is -0.103 e. The highest BCUT2D eigenvalue weighted by Gasteiger charge is 2.76. The number of rotatable bonds is 1. The van der Waals surface area contributed by atoms with Gasteiger partial charge in [-0.3, -0.25) is 0 Å². The molecular weight excluding hydrogens is 132 g/mol. The summed E-state index contributed by atoms with van der Waals surface area (Å²) < 4.78 is 0. The number of hydrogen-bond donors (Lipinski definition) is 0. The molecule has 0 radical (unpaired) electrons.